The minimum atomic E-state index is -0.413. The summed E-state index contributed by atoms with van der Waals surface area (Å²) in [5.74, 6) is -0.537. The molecule has 0 fully saturated rings. The van der Waals surface area contributed by atoms with Crippen molar-refractivity contribution in [1.29, 1.82) is 0 Å². The molecule has 0 saturated carbocycles. The number of aryl methyl sites for hydroxylation is 1. The molecule has 24 heavy (non-hydrogen) atoms. The molecule has 2 aromatic heterocycles. The summed E-state index contributed by atoms with van der Waals surface area (Å²) in [7, 11) is 1.91. The van der Waals surface area contributed by atoms with Crippen LogP contribution in [-0.2, 0) is 23.1 Å². The molecule has 0 aliphatic heterocycles. The second-order valence-electron chi connectivity index (χ2n) is 7.05. The first kappa shape index (κ1) is 18.1. The van der Waals surface area contributed by atoms with Crippen molar-refractivity contribution in [2.45, 2.75) is 59.2 Å². The Bertz CT molecular complexity index is 753. The van der Waals surface area contributed by atoms with Crippen LogP contribution in [0.2, 0.25) is 0 Å². The molecule has 132 valence electrons. The third kappa shape index (κ3) is 3.80. The Morgan fingerprint density at radius 2 is 1.96 bits per heavy atom. The fraction of sp³-hybridized carbons (Fsp3) is 0.556. The average molecular weight is 333 g/mol. The number of hydrogen-bond acceptors (Lipinski definition) is 3. The molecule has 6 nitrogen and oxygen atoms in total. The van der Waals surface area contributed by atoms with Crippen molar-refractivity contribution in [3.8, 4) is 0 Å². The molecule has 2 aromatic rings. The zero-order valence-corrected chi connectivity index (χ0v) is 15.3. The van der Waals surface area contributed by atoms with E-state index in [9.17, 15) is 9.59 Å². The van der Waals surface area contributed by atoms with E-state index in [1.807, 2.05) is 44.6 Å². The molecule has 0 atom stereocenters. The maximum atomic E-state index is 12.4. The van der Waals surface area contributed by atoms with Gasteiger partial charge in [-0.3, -0.25) is 4.79 Å². The Hall–Kier alpha value is -2.24. The Morgan fingerprint density at radius 1 is 1.29 bits per heavy atom. The van der Waals surface area contributed by atoms with Gasteiger partial charge in [-0.05, 0) is 46.2 Å². The smallest absolute Gasteiger partial charge is 0.355 e. The van der Waals surface area contributed by atoms with Gasteiger partial charge in [0.1, 0.15) is 12.2 Å². The topological polar surface area (TPSA) is 65.3 Å². The van der Waals surface area contributed by atoms with E-state index in [0.29, 0.717) is 5.69 Å². The van der Waals surface area contributed by atoms with Crippen LogP contribution in [0, 0.1) is 0 Å². The SMILES string of the molecule is CCC(C)(C)NC(=O)Cn1c(C(=O)OC(C)C)cc2c1ccn2C. The van der Waals surface area contributed by atoms with E-state index in [1.165, 1.54) is 0 Å². The average Bonchev–Trinajstić information content (AvgIpc) is 2.99. The second-order valence-corrected chi connectivity index (χ2v) is 7.05. The van der Waals surface area contributed by atoms with E-state index in [4.69, 9.17) is 4.74 Å². The number of rotatable bonds is 6. The van der Waals surface area contributed by atoms with Crippen molar-refractivity contribution in [2.24, 2.45) is 7.05 Å². The molecule has 0 radical (unpaired) electrons. The standard InChI is InChI=1S/C18H27N3O3/c1-7-18(4,5)19-16(22)11-21-13-8-9-20(6)14(13)10-15(21)17(23)24-12(2)3/h8-10,12H,7,11H2,1-6H3,(H,19,22). The van der Waals surface area contributed by atoms with Crippen LogP contribution in [0.5, 0.6) is 0 Å². The Kier molecular flexibility index (Phi) is 5.06. The van der Waals surface area contributed by atoms with Crippen LogP contribution in [0.15, 0.2) is 18.3 Å². The van der Waals surface area contributed by atoms with Crippen molar-refractivity contribution in [3.05, 3.63) is 24.0 Å². The zero-order chi connectivity index (χ0) is 18.1. The van der Waals surface area contributed by atoms with E-state index < -0.39 is 5.97 Å². The fourth-order valence-corrected chi connectivity index (χ4v) is 2.53. The molecule has 1 amide bonds. The summed E-state index contributed by atoms with van der Waals surface area (Å²) in [6.45, 7) is 9.68. The van der Waals surface area contributed by atoms with Crippen LogP contribution in [0.3, 0.4) is 0 Å². The van der Waals surface area contributed by atoms with Crippen molar-refractivity contribution in [2.75, 3.05) is 0 Å². The van der Waals surface area contributed by atoms with Crippen molar-refractivity contribution < 1.29 is 14.3 Å². The van der Waals surface area contributed by atoms with Crippen LogP contribution >= 0.6 is 0 Å². The largest absolute Gasteiger partial charge is 0.458 e. The number of carbonyl (C=O) groups is 2. The van der Waals surface area contributed by atoms with E-state index >= 15 is 0 Å². The van der Waals surface area contributed by atoms with Gasteiger partial charge in [-0.2, -0.15) is 0 Å². The highest BCUT2D eigenvalue weighted by Crippen LogP contribution is 2.22. The lowest BCUT2D eigenvalue weighted by Gasteiger charge is -2.25. The molecule has 6 heteroatoms. The van der Waals surface area contributed by atoms with Gasteiger partial charge in [-0.1, -0.05) is 6.92 Å². The van der Waals surface area contributed by atoms with Crippen molar-refractivity contribution in [1.82, 2.24) is 14.5 Å². The highest BCUT2D eigenvalue weighted by Gasteiger charge is 2.23. The maximum Gasteiger partial charge on any atom is 0.355 e. The summed E-state index contributed by atoms with van der Waals surface area (Å²) in [5, 5.41) is 3.00. The summed E-state index contributed by atoms with van der Waals surface area (Å²) in [6.07, 6.45) is 2.52. The number of aromatic nitrogens is 2. The number of hydrogen-bond donors (Lipinski definition) is 1. The quantitative estimate of drug-likeness (QED) is 0.827. The summed E-state index contributed by atoms with van der Waals surface area (Å²) in [4.78, 5) is 24.8. The van der Waals surface area contributed by atoms with Crippen LogP contribution < -0.4 is 5.32 Å². The number of nitrogens with one attached hydrogen (secondary N) is 1. The Labute approximate surface area is 142 Å². The van der Waals surface area contributed by atoms with Gasteiger partial charge in [0.15, 0.2) is 0 Å². The number of carbonyl (C=O) groups excluding carboxylic acids is 2. The lowest BCUT2D eigenvalue weighted by molar-refractivity contribution is -0.123. The highest BCUT2D eigenvalue weighted by molar-refractivity contribution is 5.96. The van der Waals surface area contributed by atoms with Gasteiger partial charge in [0.25, 0.3) is 0 Å². The first-order valence-electron chi connectivity index (χ1n) is 8.31. The summed E-state index contributed by atoms with van der Waals surface area (Å²) < 4.78 is 8.96. The van der Waals surface area contributed by atoms with Crippen molar-refractivity contribution in [3.63, 3.8) is 0 Å². The van der Waals surface area contributed by atoms with Gasteiger partial charge in [0.2, 0.25) is 5.91 Å². The Morgan fingerprint density at radius 3 is 2.54 bits per heavy atom. The first-order chi connectivity index (χ1) is 11.1. The molecule has 1 N–H and O–H groups in total. The van der Waals surface area contributed by atoms with Crippen LogP contribution in [-0.4, -0.2) is 32.7 Å². The normalized spacial score (nSPS) is 12.0. The number of nitrogens with zero attached hydrogens (tertiary/aromatic N) is 2. The second kappa shape index (κ2) is 6.71. The predicted octanol–water partition coefficient (Wildman–Crippen LogP) is 2.85. The third-order valence-electron chi connectivity index (χ3n) is 4.17. The van der Waals surface area contributed by atoms with E-state index in [2.05, 4.69) is 5.32 Å². The molecule has 2 rings (SSSR count). The number of amides is 1. The lowest BCUT2D eigenvalue weighted by atomic mass is 10.0. The number of fused-ring (bicyclic) bond motifs is 1. The van der Waals surface area contributed by atoms with Crippen molar-refractivity contribution >= 4 is 22.9 Å². The molecule has 0 aliphatic carbocycles. The molecule has 0 bridgehead atoms. The van der Waals surface area contributed by atoms with Gasteiger partial charge >= 0.3 is 5.97 Å². The van der Waals surface area contributed by atoms with Gasteiger partial charge in [0.05, 0.1) is 17.1 Å². The van der Waals surface area contributed by atoms with Gasteiger partial charge in [-0.25, -0.2) is 4.79 Å². The summed E-state index contributed by atoms with van der Waals surface area (Å²) in [5.41, 5.74) is 1.86. The van der Waals surface area contributed by atoms with Crippen LogP contribution in [0.4, 0.5) is 0 Å². The molecule has 0 saturated heterocycles. The number of ether oxygens (including phenoxy) is 1. The predicted molar refractivity (Wildman–Crippen MR) is 94.0 cm³/mol. The fourth-order valence-electron chi connectivity index (χ4n) is 2.53. The van der Waals surface area contributed by atoms with Gasteiger partial charge < -0.3 is 19.2 Å². The molecule has 0 unspecified atom stereocenters. The first-order valence-corrected chi connectivity index (χ1v) is 8.31. The molecular weight excluding hydrogens is 306 g/mol. The van der Waals surface area contributed by atoms with Crippen LogP contribution in [0.1, 0.15) is 51.5 Å². The summed E-state index contributed by atoms with van der Waals surface area (Å²) in [6, 6.07) is 3.68. The van der Waals surface area contributed by atoms with E-state index in [-0.39, 0.29) is 24.1 Å². The minimum Gasteiger partial charge on any atom is -0.458 e. The highest BCUT2D eigenvalue weighted by atomic mass is 16.5. The third-order valence-corrected chi connectivity index (χ3v) is 4.17. The molecule has 0 aliphatic rings. The zero-order valence-electron chi connectivity index (χ0n) is 15.3. The van der Waals surface area contributed by atoms with Gasteiger partial charge in [0, 0.05) is 18.8 Å². The lowest BCUT2D eigenvalue weighted by Crippen LogP contribution is -2.44. The Balaban J connectivity index is 2.36. The van der Waals surface area contributed by atoms with E-state index in [1.54, 1.807) is 24.5 Å². The van der Waals surface area contributed by atoms with E-state index in [0.717, 1.165) is 17.5 Å². The minimum absolute atomic E-state index is 0.0828. The molecule has 2 heterocycles. The van der Waals surface area contributed by atoms with Gasteiger partial charge in [-0.15, -0.1) is 0 Å². The summed E-state index contributed by atoms with van der Waals surface area (Å²) >= 11 is 0. The van der Waals surface area contributed by atoms with Crippen LogP contribution in [0.25, 0.3) is 11.0 Å². The molecule has 0 spiro atoms. The molecular formula is C18H27N3O3. The monoisotopic (exact) mass is 333 g/mol. The molecule has 0 aromatic carbocycles. The maximum absolute atomic E-state index is 12.4. The number of esters is 1.